The molecule has 4 rings (SSSR count). The van der Waals surface area contributed by atoms with Crippen LogP contribution >= 0.6 is 12.4 Å². The van der Waals surface area contributed by atoms with Crippen molar-refractivity contribution in [3.8, 4) is 22.8 Å². The highest BCUT2D eigenvalue weighted by Crippen LogP contribution is 2.31. The van der Waals surface area contributed by atoms with Crippen molar-refractivity contribution >= 4 is 18.3 Å². The summed E-state index contributed by atoms with van der Waals surface area (Å²) in [5, 5.41) is 13.6. The molecule has 1 amide bonds. The van der Waals surface area contributed by atoms with E-state index in [1.807, 2.05) is 24.3 Å². The Labute approximate surface area is 181 Å². The van der Waals surface area contributed by atoms with E-state index in [0.717, 1.165) is 18.5 Å². The molecule has 0 radical (unpaired) electrons. The van der Waals surface area contributed by atoms with Crippen LogP contribution in [0.4, 0.5) is 0 Å². The second kappa shape index (κ2) is 9.65. The maximum absolute atomic E-state index is 12.6. The maximum Gasteiger partial charge on any atom is 0.269 e. The topological polar surface area (TPSA) is 88.3 Å². The number of amides is 1. The van der Waals surface area contributed by atoms with Gasteiger partial charge in [0.25, 0.3) is 5.91 Å². The molecule has 1 atom stereocenters. The Morgan fingerprint density at radius 3 is 2.73 bits per heavy atom. The number of hydrogen-bond acceptors (Lipinski definition) is 5. The molecule has 7 nitrogen and oxygen atoms in total. The number of aromatic amines is 1. The summed E-state index contributed by atoms with van der Waals surface area (Å²) in [4.78, 5) is 12.6. The number of carbonyl (C=O) groups is 1. The van der Waals surface area contributed by atoms with Crippen LogP contribution in [-0.2, 0) is 6.42 Å². The van der Waals surface area contributed by atoms with Gasteiger partial charge in [0, 0.05) is 18.2 Å². The lowest BCUT2D eigenvalue weighted by Gasteiger charge is -2.27. The number of fused-ring (bicyclic) bond motifs is 1. The van der Waals surface area contributed by atoms with Gasteiger partial charge in [-0.1, -0.05) is 24.3 Å². The van der Waals surface area contributed by atoms with Crippen molar-refractivity contribution in [2.45, 2.75) is 12.5 Å². The van der Waals surface area contributed by atoms with Gasteiger partial charge in [0.1, 0.15) is 5.69 Å². The molecule has 0 saturated carbocycles. The lowest BCUT2D eigenvalue weighted by molar-refractivity contribution is 0.0944. The third-order valence-electron chi connectivity index (χ3n) is 5.18. The molecule has 2 heterocycles. The van der Waals surface area contributed by atoms with Crippen molar-refractivity contribution in [3.63, 3.8) is 0 Å². The van der Waals surface area contributed by atoms with E-state index in [9.17, 15) is 4.79 Å². The van der Waals surface area contributed by atoms with Gasteiger partial charge in [-0.15, -0.1) is 12.4 Å². The minimum absolute atomic E-state index is 0. The molecule has 0 fully saturated rings. The smallest absolute Gasteiger partial charge is 0.269 e. The van der Waals surface area contributed by atoms with Crippen molar-refractivity contribution in [1.29, 1.82) is 0 Å². The van der Waals surface area contributed by atoms with Gasteiger partial charge >= 0.3 is 0 Å². The van der Waals surface area contributed by atoms with Gasteiger partial charge in [0.2, 0.25) is 0 Å². The van der Waals surface area contributed by atoms with E-state index in [2.05, 4.69) is 39.0 Å². The summed E-state index contributed by atoms with van der Waals surface area (Å²) in [5.41, 5.74) is 4.49. The number of methoxy groups -OCH3 is 2. The number of nitrogens with one attached hydrogen (secondary N) is 3. The first-order valence-electron chi connectivity index (χ1n) is 9.57. The van der Waals surface area contributed by atoms with E-state index >= 15 is 0 Å². The summed E-state index contributed by atoms with van der Waals surface area (Å²) in [5.74, 6) is 1.07. The molecule has 1 aliphatic rings. The van der Waals surface area contributed by atoms with Crippen LogP contribution in [-0.4, -0.2) is 43.4 Å². The Hall–Kier alpha value is -3.03. The van der Waals surface area contributed by atoms with Crippen LogP contribution in [0.1, 0.15) is 27.7 Å². The van der Waals surface area contributed by atoms with Gasteiger partial charge in [-0.25, -0.2) is 0 Å². The number of ether oxygens (including phenoxy) is 2. The average molecular weight is 429 g/mol. The van der Waals surface area contributed by atoms with Crippen molar-refractivity contribution in [2.75, 3.05) is 27.3 Å². The van der Waals surface area contributed by atoms with Gasteiger partial charge in [-0.2, -0.15) is 5.10 Å². The Kier molecular flexibility index (Phi) is 6.97. The lowest BCUT2D eigenvalue weighted by atomic mass is 9.94. The standard InChI is InChI=1S/C22H24N4O3.ClH/c1-28-20-8-7-15(11-21(20)29-2)17-12-18(26-25-17)22(27)24-13-19-16-6-4-3-5-14(16)9-10-23-19;/h3-8,11-12,19,23H,9-10,13H2,1-2H3,(H,24,27)(H,25,26);1H. The molecule has 2 aromatic carbocycles. The van der Waals surface area contributed by atoms with E-state index in [1.54, 1.807) is 20.3 Å². The van der Waals surface area contributed by atoms with Crippen molar-refractivity contribution in [1.82, 2.24) is 20.8 Å². The van der Waals surface area contributed by atoms with Crippen LogP contribution in [0.25, 0.3) is 11.3 Å². The predicted molar refractivity (Wildman–Crippen MR) is 118 cm³/mol. The predicted octanol–water partition coefficient (Wildman–Crippen LogP) is 3.13. The van der Waals surface area contributed by atoms with Gasteiger partial charge in [0.05, 0.1) is 19.9 Å². The summed E-state index contributed by atoms with van der Waals surface area (Å²) in [6.07, 6.45) is 1.01. The molecule has 1 aliphatic heterocycles. The minimum atomic E-state index is -0.186. The van der Waals surface area contributed by atoms with Gasteiger partial charge in [-0.3, -0.25) is 9.89 Å². The molecule has 8 heteroatoms. The molecule has 0 spiro atoms. The third-order valence-corrected chi connectivity index (χ3v) is 5.18. The van der Waals surface area contributed by atoms with E-state index in [1.165, 1.54) is 11.1 Å². The highest BCUT2D eigenvalue weighted by atomic mass is 35.5. The fourth-order valence-electron chi connectivity index (χ4n) is 3.65. The zero-order valence-electron chi connectivity index (χ0n) is 16.9. The number of H-pyrrole nitrogens is 1. The lowest BCUT2D eigenvalue weighted by Crippen LogP contribution is -2.38. The van der Waals surface area contributed by atoms with E-state index in [0.29, 0.717) is 29.4 Å². The van der Waals surface area contributed by atoms with E-state index < -0.39 is 0 Å². The van der Waals surface area contributed by atoms with Crippen molar-refractivity contribution in [3.05, 3.63) is 65.4 Å². The molecule has 1 aromatic heterocycles. The van der Waals surface area contributed by atoms with Crippen LogP contribution in [0.5, 0.6) is 11.5 Å². The maximum atomic E-state index is 12.6. The first kappa shape index (κ1) is 21.7. The van der Waals surface area contributed by atoms with E-state index in [-0.39, 0.29) is 24.4 Å². The first-order valence-corrected chi connectivity index (χ1v) is 9.57. The molecule has 0 aliphatic carbocycles. The number of benzene rings is 2. The number of hydrogen-bond donors (Lipinski definition) is 3. The molecule has 0 saturated heterocycles. The molecular formula is C22H25ClN4O3. The van der Waals surface area contributed by atoms with E-state index in [4.69, 9.17) is 9.47 Å². The monoisotopic (exact) mass is 428 g/mol. The SMILES string of the molecule is COc1ccc(-c2cc(C(=O)NCC3NCCc4ccccc43)[nH]n2)cc1OC.Cl. The van der Waals surface area contributed by atoms with Crippen LogP contribution < -0.4 is 20.1 Å². The fourth-order valence-corrected chi connectivity index (χ4v) is 3.65. The Morgan fingerprint density at radius 1 is 1.13 bits per heavy atom. The van der Waals surface area contributed by atoms with Gasteiger partial charge in [-0.05, 0) is 48.4 Å². The first-order chi connectivity index (χ1) is 14.2. The Morgan fingerprint density at radius 2 is 1.93 bits per heavy atom. The number of rotatable bonds is 6. The van der Waals surface area contributed by atoms with Crippen molar-refractivity contribution < 1.29 is 14.3 Å². The Bertz CT molecular complexity index is 1020. The molecule has 30 heavy (non-hydrogen) atoms. The summed E-state index contributed by atoms with van der Waals surface area (Å²) >= 11 is 0. The zero-order valence-corrected chi connectivity index (χ0v) is 17.7. The molecule has 158 valence electrons. The minimum Gasteiger partial charge on any atom is -0.493 e. The highest BCUT2D eigenvalue weighted by Gasteiger charge is 2.20. The number of halogens is 1. The second-order valence-electron chi connectivity index (χ2n) is 6.90. The van der Waals surface area contributed by atoms with Crippen molar-refractivity contribution in [2.24, 2.45) is 0 Å². The molecular weight excluding hydrogens is 404 g/mol. The van der Waals surface area contributed by atoms with Gasteiger partial charge in [0.15, 0.2) is 11.5 Å². The zero-order chi connectivity index (χ0) is 20.2. The summed E-state index contributed by atoms with van der Waals surface area (Å²) < 4.78 is 10.6. The molecule has 1 unspecified atom stereocenters. The summed E-state index contributed by atoms with van der Waals surface area (Å²) in [6.45, 7) is 1.42. The summed E-state index contributed by atoms with van der Waals surface area (Å²) in [7, 11) is 3.18. The van der Waals surface area contributed by atoms with Crippen LogP contribution in [0.3, 0.4) is 0 Å². The third kappa shape index (κ3) is 4.42. The molecule has 3 N–H and O–H groups in total. The molecule has 0 bridgehead atoms. The summed E-state index contributed by atoms with van der Waals surface area (Å²) in [6, 6.07) is 15.7. The largest absolute Gasteiger partial charge is 0.493 e. The highest BCUT2D eigenvalue weighted by molar-refractivity contribution is 5.93. The quantitative estimate of drug-likeness (QED) is 0.561. The number of nitrogens with zero attached hydrogens (tertiary/aromatic N) is 1. The van der Waals surface area contributed by atoms with Crippen LogP contribution in [0.2, 0.25) is 0 Å². The number of carbonyl (C=O) groups excluding carboxylic acids is 1. The average Bonchev–Trinajstić information content (AvgIpc) is 3.27. The number of aromatic nitrogens is 2. The van der Waals surface area contributed by atoms with Gasteiger partial charge < -0.3 is 20.1 Å². The van der Waals surface area contributed by atoms with Crippen LogP contribution in [0.15, 0.2) is 48.5 Å². The second-order valence-corrected chi connectivity index (χ2v) is 6.90. The normalized spacial score (nSPS) is 14.9. The fraction of sp³-hybridized carbons (Fsp3) is 0.273. The Balaban J connectivity index is 0.00000256. The van der Waals surface area contributed by atoms with Crippen LogP contribution in [0, 0.1) is 0 Å². The molecule has 3 aromatic rings.